The molecule has 186 valence electrons. The molecule has 5 atom stereocenters. The van der Waals surface area contributed by atoms with Crippen LogP contribution in [0.15, 0.2) is 12.3 Å². The van der Waals surface area contributed by atoms with E-state index in [4.69, 9.17) is 9.47 Å². The van der Waals surface area contributed by atoms with Crippen LogP contribution in [0, 0.1) is 11.3 Å². The lowest BCUT2D eigenvalue weighted by Crippen LogP contribution is -2.52. The van der Waals surface area contributed by atoms with Gasteiger partial charge in [0.25, 0.3) is 0 Å². The Kier molecular flexibility index (Phi) is 6.06. The second-order valence-electron chi connectivity index (χ2n) is 9.78. The number of nitrogens with one attached hydrogen (secondary N) is 2. The Morgan fingerprint density at radius 2 is 2.24 bits per heavy atom. The first kappa shape index (κ1) is 23.5. The van der Waals surface area contributed by atoms with Crippen LogP contribution in [0.3, 0.4) is 0 Å². The molecule has 0 radical (unpaired) electrons. The van der Waals surface area contributed by atoms with Gasteiger partial charge < -0.3 is 25.0 Å². The molecule has 5 unspecified atom stereocenters. The molecule has 2 N–H and O–H groups in total. The van der Waals surface area contributed by atoms with Gasteiger partial charge in [0.15, 0.2) is 0 Å². The van der Waals surface area contributed by atoms with E-state index in [9.17, 15) is 22.8 Å². The minimum atomic E-state index is -4.49. The number of fused-ring (bicyclic) bond motifs is 2. The van der Waals surface area contributed by atoms with E-state index in [1.54, 1.807) is 12.0 Å². The third kappa shape index (κ3) is 4.07. The van der Waals surface area contributed by atoms with Crippen molar-refractivity contribution in [3.63, 3.8) is 0 Å². The normalized spacial score (nSPS) is 33.4. The molecule has 8 nitrogen and oxygen atoms in total. The summed E-state index contributed by atoms with van der Waals surface area (Å²) < 4.78 is 50.6. The van der Waals surface area contributed by atoms with Crippen LogP contribution >= 0.6 is 0 Å². The minimum Gasteiger partial charge on any atom is -0.379 e. The molecule has 1 aliphatic carbocycles. The summed E-state index contributed by atoms with van der Waals surface area (Å²) in [5.74, 6) is -0.760. The number of halogens is 3. The Morgan fingerprint density at radius 3 is 3.00 bits per heavy atom. The maximum Gasteiger partial charge on any atom is 0.417 e. The van der Waals surface area contributed by atoms with E-state index in [1.807, 2.05) is 0 Å². The molecular weight excluding hydrogens is 453 g/mol. The van der Waals surface area contributed by atoms with E-state index in [0.29, 0.717) is 50.3 Å². The zero-order valence-electron chi connectivity index (χ0n) is 19.0. The molecule has 2 amide bonds. The number of rotatable bonds is 4. The predicted molar refractivity (Wildman–Crippen MR) is 113 cm³/mol. The van der Waals surface area contributed by atoms with Gasteiger partial charge in [-0.15, -0.1) is 0 Å². The zero-order chi connectivity index (χ0) is 24.1. The summed E-state index contributed by atoms with van der Waals surface area (Å²) in [5, 5.41) is 6.45. The van der Waals surface area contributed by atoms with E-state index in [2.05, 4.69) is 15.6 Å². The number of amides is 2. The van der Waals surface area contributed by atoms with E-state index in [1.165, 1.54) is 0 Å². The quantitative estimate of drug-likeness (QED) is 0.672. The molecule has 0 aromatic carbocycles. The number of aromatic nitrogens is 1. The molecule has 0 spiro atoms. The molecule has 3 aliphatic heterocycles. The van der Waals surface area contributed by atoms with Crippen LogP contribution in [0.25, 0.3) is 0 Å². The molecule has 1 saturated carbocycles. The molecule has 0 bridgehead atoms. The molecule has 1 aromatic heterocycles. The molecule has 3 fully saturated rings. The Labute approximate surface area is 195 Å². The number of carbonyl (C=O) groups excluding carboxylic acids is 2. The molecule has 34 heavy (non-hydrogen) atoms. The van der Waals surface area contributed by atoms with Gasteiger partial charge in [-0.25, -0.2) is 0 Å². The molecular formula is C23H29F3N4O4. The third-order valence-corrected chi connectivity index (χ3v) is 7.83. The van der Waals surface area contributed by atoms with Gasteiger partial charge >= 0.3 is 6.18 Å². The summed E-state index contributed by atoms with van der Waals surface area (Å²) >= 11 is 0. The highest BCUT2D eigenvalue weighted by Crippen LogP contribution is 2.48. The van der Waals surface area contributed by atoms with Crippen molar-refractivity contribution in [2.75, 3.05) is 33.4 Å². The SMILES string of the molecule is COC1COCCC1NC1CC2C(=O)NCC2(C(=O)N2CCc3ncc(C(F)(F)F)cc3C2)C1. The molecule has 5 rings (SSSR count). The smallest absolute Gasteiger partial charge is 0.379 e. The van der Waals surface area contributed by atoms with Crippen molar-refractivity contribution in [3.05, 3.63) is 29.1 Å². The fourth-order valence-electron chi connectivity index (χ4n) is 6.04. The highest BCUT2D eigenvalue weighted by molar-refractivity contribution is 5.95. The monoisotopic (exact) mass is 482 g/mol. The Balaban J connectivity index is 1.34. The van der Waals surface area contributed by atoms with Gasteiger partial charge in [0.05, 0.1) is 29.6 Å². The lowest BCUT2D eigenvalue weighted by atomic mass is 9.78. The first-order valence-electron chi connectivity index (χ1n) is 11.7. The average molecular weight is 483 g/mol. The summed E-state index contributed by atoms with van der Waals surface area (Å²) in [6, 6.07) is 1.13. The lowest BCUT2D eigenvalue weighted by Gasteiger charge is -2.37. The topological polar surface area (TPSA) is 92.8 Å². The Morgan fingerprint density at radius 1 is 1.41 bits per heavy atom. The van der Waals surface area contributed by atoms with Gasteiger partial charge in [0, 0.05) is 63.7 Å². The second kappa shape index (κ2) is 8.76. The van der Waals surface area contributed by atoms with Crippen LogP contribution in [0.4, 0.5) is 13.2 Å². The number of alkyl halides is 3. The summed E-state index contributed by atoms with van der Waals surface area (Å²) in [4.78, 5) is 32.1. The number of carbonyl (C=O) groups is 2. The summed E-state index contributed by atoms with van der Waals surface area (Å²) in [6.45, 7) is 1.81. The Hall–Kier alpha value is -2.24. The Bertz CT molecular complexity index is 974. The largest absolute Gasteiger partial charge is 0.417 e. The predicted octanol–water partition coefficient (Wildman–Crippen LogP) is 1.27. The van der Waals surface area contributed by atoms with Crippen LogP contribution in [0.2, 0.25) is 0 Å². The number of hydrogen-bond acceptors (Lipinski definition) is 6. The van der Waals surface area contributed by atoms with Gasteiger partial charge in [-0.05, 0) is 30.9 Å². The number of hydrogen-bond donors (Lipinski definition) is 2. The van der Waals surface area contributed by atoms with Gasteiger partial charge in [-0.2, -0.15) is 13.2 Å². The van der Waals surface area contributed by atoms with Crippen molar-refractivity contribution in [3.8, 4) is 0 Å². The second-order valence-corrected chi connectivity index (χ2v) is 9.78. The van der Waals surface area contributed by atoms with Crippen molar-refractivity contribution in [2.24, 2.45) is 11.3 Å². The summed E-state index contributed by atoms with van der Waals surface area (Å²) in [5.41, 5.74) is -0.710. The maximum atomic E-state index is 13.8. The highest BCUT2D eigenvalue weighted by Gasteiger charge is 2.60. The summed E-state index contributed by atoms with van der Waals surface area (Å²) in [7, 11) is 1.64. The molecule has 1 aromatic rings. The van der Waals surface area contributed by atoms with Crippen LogP contribution < -0.4 is 10.6 Å². The number of pyridine rings is 1. The van der Waals surface area contributed by atoms with Crippen molar-refractivity contribution in [1.82, 2.24) is 20.5 Å². The van der Waals surface area contributed by atoms with Gasteiger partial charge in [-0.1, -0.05) is 0 Å². The first-order valence-corrected chi connectivity index (χ1v) is 11.7. The fraction of sp³-hybridized carbons (Fsp3) is 0.696. The van der Waals surface area contributed by atoms with Gasteiger partial charge in [-0.3, -0.25) is 14.6 Å². The van der Waals surface area contributed by atoms with Gasteiger partial charge in [0.1, 0.15) is 0 Å². The first-order chi connectivity index (χ1) is 16.2. The van der Waals surface area contributed by atoms with Gasteiger partial charge in [0.2, 0.25) is 11.8 Å². The van der Waals surface area contributed by atoms with Crippen LogP contribution in [0.5, 0.6) is 0 Å². The lowest BCUT2D eigenvalue weighted by molar-refractivity contribution is -0.145. The van der Waals surface area contributed by atoms with Crippen LogP contribution in [0.1, 0.15) is 36.1 Å². The number of nitrogens with zero attached hydrogens (tertiary/aromatic N) is 2. The standard InChI is InChI=1S/C23H29F3N4O4/c1-33-19-11-34-5-3-18(19)29-15-7-16-20(31)28-12-22(16,8-15)21(32)30-4-2-17-13(10-30)6-14(9-27-17)23(24,25)26/h6,9,15-16,18-19,29H,2-5,7-8,10-12H2,1H3,(H,28,31). The van der Waals surface area contributed by atoms with Crippen LogP contribution in [-0.2, 0) is 38.2 Å². The van der Waals surface area contributed by atoms with Crippen molar-refractivity contribution in [1.29, 1.82) is 0 Å². The van der Waals surface area contributed by atoms with E-state index in [-0.39, 0.29) is 43.1 Å². The van der Waals surface area contributed by atoms with Crippen molar-refractivity contribution in [2.45, 2.75) is 56.6 Å². The maximum absolute atomic E-state index is 13.8. The van der Waals surface area contributed by atoms with Crippen molar-refractivity contribution < 1.29 is 32.2 Å². The molecule has 4 aliphatic rings. The van der Waals surface area contributed by atoms with E-state index >= 15 is 0 Å². The van der Waals surface area contributed by atoms with E-state index < -0.39 is 23.1 Å². The minimum absolute atomic E-state index is 0.0312. The number of methoxy groups -OCH3 is 1. The molecule has 4 heterocycles. The fourth-order valence-corrected chi connectivity index (χ4v) is 6.04. The molecule has 11 heteroatoms. The third-order valence-electron chi connectivity index (χ3n) is 7.83. The average Bonchev–Trinajstić information content (AvgIpc) is 3.34. The number of ether oxygens (including phenoxy) is 2. The van der Waals surface area contributed by atoms with Crippen LogP contribution in [-0.4, -0.2) is 73.3 Å². The molecule has 2 saturated heterocycles. The van der Waals surface area contributed by atoms with E-state index in [0.717, 1.165) is 18.7 Å². The summed E-state index contributed by atoms with van der Waals surface area (Å²) in [6.07, 6.45) is -1.53. The van der Waals surface area contributed by atoms with Crippen molar-refractivity contribution >= 4 is 11.8 Å². The highest BCUT2D eigenvalue weighted by atomic mass is 19.4. The zero-order valence-corrected chi connectivity index (χ0v) is 19.0.